The number of carbonyl (C=O) groups excluding carboxylic acids is 1. The Morgan fingerprint density at radius 2 is 2.10 bits per heavy atom. The Bertz CT molecular complexity index is 633. The Morgan fingerprint density at radius 1 is 1.35 bits per heavy atom. The molecule has 0 atom stereocenters. The normalized spacial score (nSPS) is 10.3. The highest BCUT2D eigenvalue weighted by molar-refractivity contribution is 6.41. The number of aromatic carboxylic acids is 1. The van der Waals surface area contributed by atoms with Crippen LogP contribution in [0.4, 0.5) is 0 Å². The number of aromatic nitrogens is 2. The lowest BCUT2D eigenvalue weighted by Crippen LogP contribution is -2.23. The number of carboxylic acid groups (broad SMARTS) is 1. The number of nitrogens with one attached hydrogen (secondary N) is 2. The molecule has 0 aromatic carbocycles. The number of halogens is 2. The maximum Gasteiger partial charge on any atom is 0.354 e. The van der Waals surface area contributed by atoms with E-state index >= 15 is 0 Å². The Kier molecular flexibility index (Phi) is 4.26. The lowest BCUT2D eigenvalue weighted by molar-refractivity contribution is 0.0690. The summed E-state index contributed by atoms with van der Waals surface area (Å²) in [6, 6.07) is 4.36. The van der Waals surface area contributed by atoms with Crippen LogP contribution >= 0.6 is 23.2 Å². The molecule has 0 unspecified atom stereocenters. The smallest absolute Gasteiger partial charge is 0.354 e. The summed E-state index contributed by atoms with van der Waals surface area (Å²) in [5.74, 6) is -1.47. The van der Waals surface area contributed by atoms with Gasteiger partial charge in [-0.2, -0.15) is 0 Å². The molecule has 2 aromatic heterocycles. The number of hydrogen-bond donors (Lipinski definition) is 3. The second-order valence-corrected chi connectivity index (χ2v) is 4.67. The fourth-order valence-corrected chi connectivity index (χ4v) is 1.77. The molecule has 0 spiro atoms. The van der Waals surface area contributed by atoms with Crippen LogP contribution in [0, 0.1) is 0 Å². The van der Waals surface area contributed by atoms with Crippen molar-refractivity contribution in [2.24, 2.45) is 0 Å². The van der Waals surface area contributed by atoms with Crippen molar-refractivity contribution in [3.8, 4) is 0 Å². The minimum atomic E-state index is -1.10. The molecular formula is C12H9Cl2N3O3. The first-order chi connectivity index (χ1) is 9.47. The Hall–Kier alpha value is -2.05. The van der Waals surface area contributed by atoms with Crippen LogP contribution in [0.25, 0.3) is 0 Å². The minimum Gasteiger partial charge on any atom is -0.477 e. The highest BCUT2D eigenvalue weighted by atomic mass is 35.5. The molecule has 104 valence electrons. The van der Waals surface area contributed by atoms with E-state index in [0.717, 1.165) is 0 Å². The number of carbonyl (C=O) groups is 2. The molecular weight excluding hydrogens is 305 g/mol. The van der Waals surface area contributed by atoms with Crippen LogP contribution in [0.15, 0.2) is 24.4 Å². The van der Waals surface area contributed by atoms with Gasteiger partial charge in [-0.1, -0.05) is 29.3 Å². The second kappa shape index (κ2) is 5.94. The van der Waals surface area contributed by atoms with Gasteiger partial charge in [-0.05, 0) is 17.7 Å². The van der Waals surface area contributed by atoms with E-state index in [1.807, 2.05) is 0 Å². The molecule has 3 N–H and O–H groups in total. The van der Waals surface area contributed by atoms with Crippen molar-refractivity contribution in [1.82, 2.24) is 15.3 Å². The summed E-state index contributed by atoms with van der Waals surface area (Å²) < 4.78 is 0. The van der Waals surface area contributed by atoms with Crippen molar-refractivity contribution in [2.45, 2.75) is 6.54 Å². The van der Waals surface area contributed by atoms with Crippen LogP contribution in [-0.2, 0) is 6.54 Å². The predicted octanol–water partition coefficient (Wildman–Crippen LogP) is 2.34. The van der Waals surface area contributed by atoms with Crippen molar-refractivity contribution in [3.63, 3.8) is 0 Å². The van der Waals surface area contributed by atoms with Gasteiger partial charge in [-0.15, -0.1) is 0 Å². The van der Waals surface area contributed by atoms with E-state index in [1.165, 1.54) is 18.3 Å². The molecule has 0 aliphatic heterocycles. The number of pyridine rings is 1. The molecule has 1 amide bonds. The molecule has 2 aromatic rings. The number of nitrogens with zero attached hydrogens (tertiary/aromatic N) is 1. The van der Waals surface area contributed by atoms with Crippen LogP contribution in [-0.4, -0.2) is 27.0 Å². The topological polar surface area (TPSA) is 95.1 Å². The van der Waals surface area contributed by atoms with Crippen LogP contribution in [0.3, 0.4) is 0 Å². The largest absolute Gasteiger partial charge is 0.477 e. The van der Waals surface area contributed by atoms with Crippen LogP contribution in [0.2, 0.25) is 10.2 Å². The number of hydrogen-bond acceptors (Lipinski definition) is 3. The molecule has 0 aliphatic carbocycles. The minimum absolute atomic E-state index is 0.0528. The van der Waals surface area contributed by atoms with E-state index in [2.05, 4.69) is 15.3 Å². The summed E-state index contributed by atoms with van der Waals surface area (Å²) in [7, 11) is 0. The van der Waals surface area contributed by atoms with Crippen LogP contribution in [0.5, 0.6) is 0 Å². The quantitative estimate of drug-likeness (QED) is 0.807. The molecule has 20 heavy (non-hydrogen) atoms. The van der Waals surface area contributed by atoms with Gasteiger partial charge < -0.3 is 15.4 Å². The van der Waals surface area contributed by atoms with Crippen molar-refractivity contribution < 1.29 is 14.7 Å². The van der Waals surface area contributed by atoms with Gasteiger partial charge in [-0.3, -0.25) is 4.79 Å². The lowest BCUT2D eigenvalue weighted by atomic mass is 10.2. The van der Waals surface area contributed by atoms with Crippen molar-refractivity contribution >= 4 is 35.1 Å². The molecule has 6 nitrogen and oxygen atoms in total. The average Bonchev–Trinajstić information content (AvgIpc) is 2.76. The van der Waals surface area contributed by atoms with Crippen LogP contribution in [0.1, 0.15) is 26.5 Å². The fourth-order valence-electron chi connectivity index (χ4n) is 1.46. The molecule has 0 fully saturated rings. The zero-order chi connectivity index (χ0) is 14.7. The van der Waals surface area contributed by atoms with Gasteiger partial charge in [0.25, 0.3) is 5.91 Å². The molecule has 8 heteroatoms. The van der Waals surface area contributed by atoms with Crippen LogP contribution < -0.4 is 5.32 Å². The average molecular weight is 314 g/mol. The van der Waals surface area contributed by atoms with E-state index in [9.17, 15) is 9.59 Å². The van der Waals surface area contributed by atoms with E-state index in [0.29, 0.717) is 5.56 Å². The summed E-state index contributed by atoms with van der Waals surface area (Å²) in [5.41, 5.74) is 0.866. The number of aromatic amines is 1. The molecule has 0 radical (unpaired) electrons. The summed E-state index contributed by atoms with van der Waals surface area (Å²) in [5, 5.41) is 11.8. The lowest BCUT2D eigenvalue weighted by Gasteiger charge is -2.04. The zero-order valence-corrected chi connectivity index (χ0v) is 11.5. The number of amides is 1. The Morgan fingerprint density at radius 3 is 2.60 bits per heavy atom. The third kappa shape index (κ3) is 3.28. The van der Waals surface area contributed by atoms with Crippen molar-refractivity contribution in [1.29, 1.82) is 0 Å². The van der Waals surface area contributed by atoms with E-state index in [4.69, 9.17) is 28.3 Å². The first-order valence-corrected chi connectivity index (χ1v) is 6.23. The zero-order valence-electron chi connectivity index (χ0n) is 9.98. The fraction of sp³-hybridized carbons (Fsp3) is 0.0833. The van der Waals surface area contributed by atoms with Gasteiger partial charge in [0, 0.05) is 12.7 Å². The summed E-state index contributed by atoms with van der Waals surface area (Å²) in [4.78, 5) is 28.8. The van der Waals surface area contributed by atoms with Crippen molar-refractivity contribution in [2.75, 3.05) is 0 Å². The number of carboxylic acids is 1. The molecule has 0 saturated heterocycles. The maximum absolute atomic E-state index is 11.8. The molecule has 2 rings (SSSR count). The summed E-state index contributed by atoms with van der Waals surface area (Å²) in [6.07, 6.45) is 1.39. The third-order valence-electron chi connectivity index (χ3n) is 2.47. The first-order valence-electron chi connectivity index (χ1n) is 5.48. The van der Waals surface area contributed by atoms with Gasteiger partial charge in [0.15, 0.2) is 0 Å². The SMILES string of the molecule is O=C(O)c1ccc(CNC(=O)c2cc(Cl)c(Cl)[nH]2)cn1. The van der Waals surface area contributed by atoms with Gasteiger partial charge in [0.2, 0.25) is 0 Å². The van der Waals surface area contributed by atoms with E-state index in [-0.39, 0.29) is 34.0 Å². The van der Waals surface area contributed by atoms with Crippen molar-refractivity contribution in [3.05, 3.63) is 51.5 Å². The second-order valence-electron chi connectivity index (χ2n) is 3.88. The predicted molar refractivity (Wildman–Crippen MR) is 73.2 cm³/mol. The summed E-state index contributed by atoms with van der Waals surface area (Å²) in [6.45, 7) is 0.208. The molecule has 2 heterocycles. The maximum atomic E-state index is 11.8. The number of H-pyrrole nitrogens is 1. The van der Waals surface area contributed by atoms with Gasteiger partial charge in [0.05, 0.1) is 5.02 Å². The van der Waals surface area contributed by atoms with Gasteiger partial charge in [-0.25, -0.2) is 9.78 Å². The highest BCUT2D eigenvalue weighted by Gasteiger charge is 2.11. The number of rotatable bonds is 4. The van der Waals surface area contributed by atoms with E-state index in [1.54, 1.807) is 6.07 Å². The Labute approximate surface area is 123 Å². The Balaban J connectivity index is 1.98. The standard InChI is InChI=1S/C12H9Cl2N3O3/c13-7-3-9(17-10(7)14)11(18)16-5-6-1-2-8(12(19)20)15-4-6/h1-4,17H,5H2,(H,16,18)(H,19,20). The highest BCUT2D eigenvalue weighted by Crippen LogP contribution is 2.21. The molecule has 0 saturated carbocycles. The summed E-state index contributed by atoms with van der Waals surface area (Å²) >= 11 is 11.4. The third-order valence-corrected chi connectivity index (χ3v) is 3.16. The monoisotopic (exact) mass is 313 g/mol. The molecule has 0 aliphatic rings. The van der Waals surface area contributed by atoms with Gasteiger partial charge in [0.1, 0.15) is 16.5 Å². The van der Waals surface area contributed by atoms with E-state index < -0.39 is 5.97 Å². The molecule has 0 bridgehead atoms. The van der Waals surface area contributed by atoms with Gasteiger partial charge >= 0.3 is 5.97 Å². The first kappa shape index (κ1) is 14.4.